The van der Waals surface area contributed by atoms with E-state index >= 15 is 0 Å². The van der Waals surface area contributed by atoms with Gasteiger partial charge in [-0.05, 0) is 57.9 Å². The lowest BCUT2D eigenvalue weighted by molar-refractivity contribution is 0.0496. The zero-order chi connectivity index (χ0) is 23.0. The number of amides is 3. The minimum Gasteiger partial charge on any atom is -0.444 e. The number of ether oxygens (including phenoxy) is 1. The summed E-state index contributed by atoms with van der Waals surface area (Å²) >= 11 is 0. The molecule has 0 bridgehead atoms. The number of nitrogens with zero attached hydrogens (tertiary/aromatic N) is 2. The van der Waals surface area contributed by atoms with E-state index in [0.717, 1.165) is 4.90 Å². The highest BCUT2D eigenvalue weighted by atomic mass is 19.1. The molecule has 0 unspecified atom stereocenters. The molecule has 32 heavy (non-hydrogen) atoms. The summed E-state index contributed by atoms with van der Waals surface area (Å²) in [6, 6.07) is 10.9. The third kappa shape index (κ3) is 4.17. The fraction of sp³-hybridized carbons (Fsp3) is 0.375. The third-order valence-electron chi connectivity index (χ3n) is 5.53. The molecule has 2 heterocycles. The Hall–Kier alpha value is -3.42. The Morgan fingerprint density at radius 1 is 1.00 bits per heavy atom. The molecule has 0 atom stereocenters. The van der Waals surface area contributed by atoms with Crippen molar-refractivity contribution in [3.63, 3.8) is 0 Å². The van der Waals surface area contributed by atoms with E-state index in [0.29, 0.717) is 37.1 Å². The van der Waals surface area contributed by atoms with E-state index in [9.17, 15) is 18.8 Å². The maximum atomic E-state index is 15.0. The molecule has 1 N–H and O–H groups in total. The maximum Gasteiger partial charge on any atom is 0.407 e. The summed E-state index contributed by atoms with van der Waals surface area (Å²) in [5.41, 5.74) is 0.493. The molecule has 168 valence electrons. The van der Waals surface area contributed by atoms with Crippen LogP contribution < -0.4 is 15.1 Å². The van der Waals surface area contributed by atoms with E-state index in [1.165, 1.54) is 12.1 Å². The second-order valence-electron chi connectivity index (χ2n) is 9.01. The van der Waals surface area contributed by atoms with Gasteiger partial charge in [0.15, 0.2) is 0 Å². The first-order valence-electron chi connectivity index (χ1n) is 10.7. The monoisotopic (exact) mass is 439 g/mol. The molecule has 0 aromatic heterocycles. The number of carbonyl (C=O) groups excluding carboxylic acids is 3. The molecule has 0 aliphatic carbocycles. The van der Waals surface area contributed by atoms with E-state index < -0.39 is 29.3 Å². The lowest BCUT2D eigenvalue weighted by atomic mass is 10.0. The summed E-state index contributed by atoms with van der Waals surface area (Å²) in [4.78, 5) is 40.8. The number of hydrogen-bond donors (Lipinski definition) is 1. The van der Waals surface area contributed by atoms with Crippen molar-refractivity contribution in [3.05, 3.63) is 59.4 Å². The predicted molar refractivity (Wildman–Crippen MR) is 119 cm³/mol. The van der Waals surface area contributed by atoms with Gasteiger partial charge in [-0.1, -0.05) is 18.2 Å². The predicted octanol–water partition coefficient (Wildman–Crippen LogP) is 4.12. The first-order chi connectivity index (χ1) is 15.2. The van der Waals surface area contributed by atoms with Crippen LogP contribution in [0.1, 0.15) is 54.3 Å². The molecule has 0 spiro atoms. The fourth-order valence-corrected chi connectivity index (χ4v) is 4.13. The van der Waals surface area contributed by atoms with Gasteiger partial charge >= 0.3 is 6.09 Å². The zero-order valence-electron chi connectivity index (χ0n) is 18.4. The Bertz CT molecular complexity index is 1040. The molecule has 1 saturated heterocycles. The van der Waals surface area contributed by atoms with Gasteiger partial charge in [0.05, 0.1) is 22.5 Å². The van der Waals surface area contributed by atoms with Crippen molar-refractivity contribution in [1.29, 1.82) is 0 Å². The molecule has 4 rings (SSSR count). The molecule has 2 aromatic rings. The van der Waals surface area contributed by atoms with Crippen LogP contribution in [0.3, 0.4) is 0 Å². The number of benzene rings is 2. The first kappa shape index (κ1) is 21.8. The molecular formula is C24H26FN3O4. The fourth-order valence-electron chi connectivity index (χ4n) is 4.13. The second-order valence-corrected chi connectivity index (χ2v) is 9.01. The maximum absolute atomic E-state index is 15.0. The van der Waals surface area contributed by atoms with Crippen LogP contribution in [0.2, 0.25) is 0 Å². The van der Waals surface area contributed by atoms with Gasteiger partial charge in [0.2, 0.25) is 0 Å². The average Bonchev–Trinajstić information content (AvgIpc) is 2.98. The summed E-state index contributed by atoms with van der Waals surface area (Å²) < 4.78 is 20.3. The summed E-state index contributed by atoms with van der Waals surface area (Å²) in [6.45, 7) is 6.31. The van der Waals surface area contributed by atoms with Gasteiger partial charge in [-0.15, -0.1) is 0 Å². The molecule has 0 saturated carbocycles. The molecular weight excluding hydrogens is 413 g/mol. The van der Waals surface area contributed by atoms with Crippen LogP contribution >= 0.6 is 0 Å². The number of carbonyl (C=O) groups is 3. The molecule has 1 fully saturated rings. The van der Waals surface area contributed by atoms with E-state index in [4.69, 9.17) is 4.74 Å². The third-order valence-corrected chi connectivity index (χ3v) is 5.53. The smallest absolute Gasteiger partial charge is 0.407 e. The minimum atomic E-state index is -0.584. The van der Waals surface area contributed by atoms with Gasteiger partial charge in [-0.3, -0.25) is 9.59 Å². The number of nitrogens with one attached hydrogen (secondary N) is 1. The Morgan fingerprint density at radius 3 is 2.16 bits per heavy atom. The standard InChI is InChI=1S/C24H26FN3O4/c1-24(2,3)32-23(31)26-15-11-13-27(14-12-15)20-18(25)9-6-10-19(20)28-21(29)16-7-4-5-8-17(16)22(28)30/h4-10,15H,11-14H2,1-3H3,(H,26,31). The number of hydrogen-bond acceptors (Lipinski definition) is 5. The van der Waals surface area contributed by atoms with Gasteiger partial charge < -0.3 is 15.0 Å². The van der Waals surface area contributed by atoms with Crippen molar-refractivity contribution < 1.29 is 23.5 Å². The Kier molecular flexibility index (Phi) is 5.62. The number of piperidine rings is 1. The normalized spacial score (nSPS) is 16.9. The Labute approximate surface area is 186 Å². The van der Waals surface area contributed by atoms with Crippen LogP contribution in [0.25, 0.3) is 0 Å². The molecule has 2 aromatic carbocycles. The molecule has 2 aliphatic rings. The molecule has 3 amide bonds. The molecule has 7 nitrogen and oxygen atoms in total. The van der Waals surface area contributed by atoms with Crippen LogP contribution in [0.5, 0.6) is 0 Å². The number of halogens is 1. The highest BCUT2D eigenvalue weighted by molar-refractivity contribution is 6.35. The van der Waals surface area contributed by atoms with Gasteiger partial charge in [-0.2, -0.15) is 0 Å². The number of fused-ring (bicyclic) bond motifs is 1. The van der Waals surface area contributed by atoms with E-state index in [-0.39, 0.29) is 17.4 Å². The van der Waals surface area contributed by atoms with Crippen molar-refractivity contribution in [1.82, 2.24) is 5.32 Å². The largest absolute Gasteiger partial charge is 0.444 e. The number of alkyl carbamates (subject to hydrolysis) is 1. The van der Waals surface area contributed by atoms with Crippen molar-refractivity contribution in [2.45, 2.75) is 45.3 Å². The van der Waals surface area contributed by atoms with E-state index in [1.54, 1.807) is 51.1 Å². The molecule has 2 aliphatic heterocycles. The van der Waals surface area contributed by atoms with Crippen LogP contribution in [0.15, 0.2) is 42.5 Å². The SMILES string of the molecule is CC(C)(C)OC(=O)NC1CCN(c2c(F)cccc2N2C(=O)c3ccccc3C2=O)CC1. The van der Waals surface area contributed by atoms with E-state index in [2.05, 4.69) is 5.32 Å². The van der Waals surface area contributed by atoms with Crippen LogP contribution in [-0.4, -0.2) is 42.6 Å². The number of imide groups is 1. The van der Waals surface area contributed by atoms with E-state index in [1.807, 2.05) is 4.90 Å². The highest BCUT2D eigenvalue weighted by Crippen LogP contribution is 2.38. The zero-order valence-corrected chi connectivity index (χ0v) is 18.4. The number of anilines is 2. The van der Waals surface area contributed by atoms with Crippen LogP contribution in [0, 0.1) is 5.82 Å². The van der Waals surface area contributed by atoms with Crippen molar-refractivity contribution in [2.24, 2.45) is 0 Å². The number of para-hydroxylation sites is 1. The van der Waals surface area contributed by atoms with Gasteiger partial charge in [-0.25, -0.2) is 14.1 Å². The first-order valence-corrected chi connectivity index (χ1v) is 10.7. The van der Waals surface area contributed by atoms with Gasteiger partial charge in [0.25, 0.3) is 11.8 Å². The lowest BCUT2D eigenvalue weighted by Crippen LogP contribution is -2.46. The highest BCUT2D eigenvalue weighted by Gasteiger charge is 2.39. The van der Waals surface area contributed by atoms with Gasteiger partial charge in [0.1, 0.15) is 11.4 Å². The van der Waals surface area contributed by atoms with Crippen LogP contribution in [-0.2, 0) is 4.74 Å². The second kappa shape index (κ2) is 8.26. The Morgan fingerprint density at radius 2 is 1.59 bits per heavy atom. The quantitative estimate of drug-likeness (QED) is 0.728. The Balaban J connectivity index is 1.53. The van der Waals surface area contributed by atoms with Crippen molar-refractivity contribution in [2.75, 3.05) is 22.9 Å². The molecule has 8 heteroatoms. The lowest BCUT2D eigenvalue weighted by Gasteiger charge is -2.36. The van der Waals surface area contributed by atoms with Crippen molar-refractivity contribution in [3.8, 4) is 0 Å². The minimum absolute atomic E-state index is 0.101. The summed E-state index contributed by atoms with van der Waals surface area (Å²) in [7, 11) is 0. The summed E-state index contributed by atoms with van der Waals surface area (Å²) in [5.74, 6) is -1.42. The topological polar surface area (TPSA) is 79.0 Å². The van der Waals surface area contributed by atoms with Gasteiger partial charge in [0, 0.05) is 19.1 Å². The molecule has 0 radical (unpaired) electrons. The summed E-state index contributed by atoms with van der Waals surface area (Å²) in [5, 5.41) is 2.86. The van der Waals surface area contributed by atoms with Crippen molar-refractivity contribution >= 4 is 29.3 Å². The summed E-state index contributed by atoms with van der Waals surface area (Å²) in [6.07, 6.45) is 0.679. The van der Waals surface area contributed by atoms with Crippen LogP contribution in [0.4, 0.5) is 20.6 Å². The average molecular weight is 439 g/mol. The number of rotatable bonds is 3.